The molecule has 1 rings (SSSR count). The Balaban J connectivity index is 2.29. The maximum absolute atomic E-state index is 4.56. The van der Waals surface area contributed by atoms with E-state index in [1.165, 1.54) is 36.2 Å². The molecule has 0 saturated heterocycles. The number of aryl methyl sites for hydroxylation is 2. The van der Waals surface area contributed by atoms with Gasteiger partial charge in [-0.05, 0) is 52.6 Å². The molecule has 0 aliphatic carbocycles. The van der Waals surface area contributed by atoms with Gasteiger partial charge in [-0.1, -0.05) is 13.3 Å². The highest BCUT2D eigenvalue weighted by molar-refractivity contribution is 5.21. The van der Waals surface area contributed by atoms with E-state index in [1.807, 2.05) is 0 Å². The van der Waals surface area contributed by atoms with Crippen molar-refractivity contribution in [2.75, 3.05) is 6.54 Å². The molecule has 3 nitrogen and oxygen atoms in total. The van der Waals surface area contributed by atoms with Crippen molar-refractivity contribution in [1.29, 1.82) is 0 Å². The summed E-state index contributed by atoms with van der Waals surface area (Å²) in [6.07, 6.45) is 3.74. The summed E-state index contributed by atoms with van der Waals surface area (Å²) in [6.45, 7) is 13.0. The summed E-state index contributed by atoms with van der Waals surface area (Å²) >= 11 is 0. The van der Waals surface area contributed by atoms with Gasteiger partial charge in [-0.2, -0.15) is 5.10 Å². The fourth-order valence-electron chi connectivity index (χ4n) is 2.17. The van der Waals surface area contributed by atoms with Crippen LogP contribution in [0, 0.1) is 20.8 Å². The Kier molecular flexibility index (Phi) is 5.69. The van der Waals surface area contributed by atoms with E-state index in [0.29, 0.717) is 6.04 Å². The van der Waals surface area contributed by atoms with Gasteiger partial charge in [0.1, 0.15) is 0 Å². The molecule has 0 aliphatic heterocycles. The van der Waals surface area contributed by atoms with Crippen molar-refractivity contribution < 1.29 is 0 Å². The van der Waals surface area contributed by atoms with Gasteiger partial charge in [-0.3, -0.25) is 4.68 Å². The van der Waals surface area contributed by atoms with Crippen LogP contribution in [0.3, 0.4) is 0 Å². The van der Waals surface area contributed by atoms with Gasteiger partial charge >= 0.3 is 0 Å². The molecule has 17 heavy (non-hydrogen) atoms. The Morgan fingerprint density at radius 1 is 1.24 bits per heavy atom. The summed E-state index contributed by atoms with van der Waals surface area (Å²) in [5, 5.41) is 8.01. The summed E-state index contributed by atoms with van der Waals surface area (Å²) < 4.78 is 2.16. The van der Waals surface area contributed by atoms with Crippen LogP contribution in [-0.4, -0.2) is 22.4 Å². The van der Waals surface area contributed by atoms with E-state index >= 15 is 0 Å². The zero-order chi connectivity index (χ0) is 12.8. The van der Waals surface area contributed by atoms with Crippen LogP contribution in [0.1, 0.15) is 50.1 Å². The third kappa shape index (κ3) is 4.15. The molecule has 3 heteroatoms. The molecular weight excluding hydrogens is 210 g/mol. The lowest BCUT2D eigenvalue weighted by Gasteiger charge is -2.11. The Morgan fingerprint density at radius 2 is 1.94 bits per heavy atom. The molecule has 0 saturated carbocycles. The molecule has 1 aromatic rings. The van der Waals surface area contributed by atoms with Crippen molar-refractivity contribution in [3.8, 4) is 0 Å². The standard InChI is InChI=1S/C14H27N3/c1-6-15-11(2)9-7-8-10-17-14(5)12(3)13(4)16-17/h11,15H,6-10H2,1-5H3. The molecule has 0 bridgehead atoms. The molecule has 98 valence electrons. The van der Waals surface area contributed by atoms with Crippen molar-refractivity contribution in [2.45, 2.75) is 66.5 Å². The Labute approximate surface area is 106 Å². The van der Waals surface area contributed by atoms with Crippen LogP contribution in [0.2, 0.25) is 0 Å². The zero-order valence-corrected chi connectivity index (χ0v) is 12.0. The number of hydrogen-bond acceptors (Lipinski definition) is 2. The fraction of sp³-hybridized carbons (Fsp3) is 0.786. The second kappa shape index (κ2) is 6.80. The minimum atomic E-state index is 0.641. The van der Waals surface area contributed by atoms with E-state index in [9.17, 15) is 0 Å². The normalized spacial score (nSPS) is 13.0. The Morgan fingerprint density at radius 3 is 2.47 bits per heavy atom. The first kappa shape index (κ1) is 14.2. The number of nitrogens with zero attached hydrogens (tertiary/aromatic N) is 2. The first-order valence-corrected chi connectivity index (χ1v) is 6.80. The fourth-order valence-corrected chi connectivity index (χ4v) is 2.17. The molecule has 0 spiro atoms. The van der Waals surface area contributed by atoms with Crippen molar-refractivity contribution >= 4 is 0 Å². The summed E-state index contributed by atoms with van der Waals surface area (Å²) in [6, 6.07) is 0.641. The lowest BCUT2D eigenvalue weighted by atomic mass is 10.1. The summed E-state index contributed by atoms with van der Waals surface area (Å²) in [4.78, 5) is 0. The predicted octanol–water partition coefficient (Wildman–Crippen LogP) is 2.98. The summed E-state index contributed by atoms with van der Waals surface area (Å²) in [7, 11) is 0. The number of rotatable bonds is 7. The number of unbranched alkanes of at least 4 members (excludes halogenated alkanes) is 1. The second-order valence-corrected chi connectivity index (χ2v) is 4.97. The van der Waals surface area contributed by atoms with Gasteiger partial charge < -0.3 is 5.32 Å². The van der Waals surface area contributed by atoms with Crippen LogP contribution in [0.4, 0.5) is 0 Å². The van der Waals surface area contributed by atoms with Gasteiger partial charge in [0, 0.05) is 18.3 Å². The number of nitrogens with one attached hydrogen (secondary N) is 1. The maximum atomic E-state index is 4.56. The predicted molar refractivity (Wildman–Crippen MR) is 73.4 cm³/mol. The van der Waals surface area contributed by atoms with E-state index < -0.39 is 0 Å². The Hall–Kier alpha value is -0.830. The smallest absolute Gasteiger partial charge is 0.0625 e. The van der Waals surface area contributed by atoms with Crippen molar-refractivity contribution in [2.24, 2.45) is 0 Å². The van der Waals surface area contributed by atoms with Gasteiger partial charge in [0.25, 0.3) is 0 Å². The highest BCUT2D eigenvalue weighted by Crippen LogP contribution is 2.12. The van der Waals surface area contributed by atoms with Crippen LogP contribution < -0.4 is 5.32 Å². The van der Waals surface area contributed by atoms with Crippen molar-refractivity contribution in [3.05, 3.63) is 17.0 Å². The molecule has 1 aromatic heterocycles. The van der Waals surface area contributed by atoms with E-state index in [2.05, 4.69) is 49.7 Å². The molecule has 1 atom stereocenters. The van der Waals surface area contributed by atoms with E-state index in [4.69, 9.17) is 0 Å². The molecule has 0 fully saturated rings. The minimum Gasteiger partial charge on any atom is -0.315 e. The van der Waals surface area contributed by atoms with Crippen LogP contribution in [0.15, 0.2) is 0 Å². The first-order valence-electron chi connectivity index (χ1n) is 6.80. The van der Waals surface area contributed by atoms with Gasteiger partial charge in [-0.25, -0.2) is 0 Å². The van der Waals surface area contributed by atoms with Gasteiger partial charge in [-0.15, -0.1) is 0 Å². The van der Waals surface area contributed by atoms with Crippen molar-refractivity contribution in [3.63, 3.8) is 0 Å². The zero-order valence-electron chi connectivity index (χ0n) is 12.0. The highest BCUT2D eigenvalue weighted by atomic mass is 15.3. The highest BCUT2D eigenvalue weighted by Gasteiger charge is 2.06. The van der Waals surface area contributed by atoms with E-state index in [1.54, 1.807) is 0 Å². The lowest BCUT2D eigenvalue weighted by molar-refractivity contribution is 0.471. The van der Waals surface area contributed by atoms with Gasteiger partial charge in [0.2, 0.25) is 0 Å². The number of aromatic nitrogens is 2. The average molecular weight is 237 g/mol. The summed E-state index contributed by atoms with van der Waals surface area (Å²) in [5.74, 6) is 0. The quantitative estimate of drug-likeness (QED) is 0.739. The molecule has 0 amide bonds. The van der Waals surface area contributed by atoms with E-state index in [0.717, 1.165) is 13.1 Å². The topological polar surface area (TPSA) is 29.9 Å². The van der Waals surface area contributed by atoms with Crippen LogP contribution >= 0.6 is 0 Å². The van der Waals surface area contributed by atoms with Crippen LogP contribution in [0.5, 0.6) is 0 Å². The molecule has 1 heterocycles. The molecular formula is C14H27N3. The SMILES string of the molecule is CCNC(C)CCCCn1nc(C)c(C)c1C. The van der Waals surface area contributed by atoms with Crippen LogP contribution in [-0.2, 0) is 6.54 Å². The van der Waals surface area contributed by atoms with E-state index in [-0.39, 0.29) is 0 Å². The third-order valence-electron chi connectivity index (χ3n) is 3.55. The van der Waals surface area contributed by atoms with Gasteiger partial charge in [0.05, 0.1) is 5.69 Å². The lowest BCUT2D eigenvalue weighted by Crippen LogP contribution is -2.25. The second-order valence-electron chi connectivity index (χ2n) is 4.97. The summed E-state index contributed by atoms with van der Waals surface area (Å²) in [5.41, 5.74) is 3.83. The monoisotopic (exact) mass is 237 g/mol. The molecule has 1 N–H and O–H groups in total. The Bertz CT molecular complexity index is 341. The molecule has 0 aromatic carbocycles. The van der Waals surface area contributed by atoms with Gasteiger partial charge in [0.15, 0.2) is 0 Å². The number of hydrogen-bond donors (Lipinski definition) is 1. The third-order valence-corrected chi connectivity index (χ3v) is 3.55. The average Bonchev–Trinajstić information content (AvgIpc) is 2.53. The first-order chi connectivity index (χ1) is 8.06. The largest absolute Gasteiger partial charge is 0.315 e. The van der Waals surface area contributed by atoms with Crippen LogP contribution in [0.25, 0.3) is 0 Å². The maximum Gasteiger partial charge on any atom is 0.0625 e. The molecule has 1 unspecified atom stereocenters. The molecule has 0 radical (unpaired) electrons. The van der Waals surface area contributed by atoms with Crippen molar-refractivity contribution in [1.82, 2.24) is 15.1 Å². The minimum absolute atomic E-state index is 0.641. The molecule has 0 aliphatic rings.